The lowest BCUT2D eigenvalue weighted by atomic mass is 10.1. The standard InChI is InChI=1S/C18H14N4O3/c1-2-25-18(24)11-5-7-12(8-6-11)22-16(20)14(10-19)15-13(17(22)23)4-3-9-21-15/h3-9H,2,20H2,1H3. The molecule has 1 aromatic carbocycles. The van der Waals surface area contributed by atoms with Gasteiger partial charge in [0.25, 0.3) is 5.56 Å². The van der Waals surface area contributed by atoms with E-state index in [0.29, 0.717) is 16.6 Å². The summed E-state index contributed by atoms with van der Waals surface area (Å²) in [5.41, 5.74) is 6.86. The molecule has 0 aliphatic carbocycles. The summed E-state index contributed by atoms with van der Waals surface area (Å²) in [6, 6.07) is 11.4. The molecule has 0 fully saturated rings. The van der Waals surface area contributed by atoms with Crippen molar-refractivity contribution in [2.45, 2.75) is 6.92 Å². The minimum atomic E-state index is -0.449. The van der Waals surface area contributed by atoms with Gasteiger partial charge in [-0.1, -0.05) is 0 Å². The lowest BCUT2D eigenvalue weighted by Gasteiger charge is -2.13. The molecule has 0 unspecified atom stereocenters. The van der Waals surface area contributed by atoms with Crippen molar-refractivity contribution in [1.82, 2.24) is 9.55 Å². The molecule has 2 aromatic heterocycles. The summed E-state index contributed by atoms with van der Waals surface area (Å²) in [6.45, 7) is 2.00. The van der Waals surface area contributed by atoms with Crippen LogP contribution in [0.15, 0.2) is 47.4 Å². The molecule has 0 aliphatic rings. The third-order valence-corrected chi connectivity index (χ3v) is 3.72. The van der Waals surface area contributed by atoms with Gasteiger partial charge >= 0.3 is 5.97 Å². The fraction of sp³-hybridized carbons (Fsp3) is 0.111. The smallest absolute Gasteiger partial charge is 0.338 e. The Kier molecular flexibility index (Phi) is 4.18. The molecule has 0 saturated carbocycles. The topological polar surface area (TPSA) is 111 Å². The number of anilines is 1. The van der Waals surface area contributed by atoms with Crippen LogP contribution in [0.2, 0.25) is 0 Å². The Morgan fingerprint density at radius 3 is 2.68 bits per heavy atom. The summed E-state index contributed by atoms with van der Waals surface area (Å²) in [5.74, 6) is -0.447. The molecular weight excluding hydrogens is 320 g/mol. The highest BCUT2D eigenvalue weighted by Gasteiger charge is 2.17. The SMILES string of the molecule is CCOC(=O)c1ccc(-n2c(N)c(C#N)c3ncccc3c2=O)cc1. The first-order valence-electron chi connectivity index (χ1n) is 7.55. The number of carbonyl (C=O) groups is 1. The van der Waals surface area contributed by atoms with E-state index in [1.54, 1.807) is 43.3 Å². The maximum Gasteiger partial charge on any atom is 0.338 e. The average molecular weight is 334 g/mol. The molecule has 7 heteroatoms. The number of hydrogen-bond donors (Lipinski definition) is 1. The summed E-state index contributed by atoms with van der Waals surface area (Å²) < 4.78 is 6.17. The molecule has 0 amide bonds. The Balaban J connectivity index is 2.21. The monoisotopic (exact) mass is 334 g/mol. The lowest BCUT2D eigenvalue weighted by Crippen LogP contribution is -2.23. The normalized spacial score (nSPS) is 10.4. The van der Waals surface area contributed by atoms with E-state index in [0.717, 1.165) is 0 Å². The van der Waals surface area contributed by atoms with Gasteiger partial charge in [0, 0.05) is 6.20 Å². The number of benzene rings is 1. The number of esters is 1. The van der Waals surface area contributed by atoms with E-state index in [1.165, 1.54) is 10.8 Å². The number of rotatable bonds is 3. The molecule has 2 heterocycles. The van der Waals surface area contributed by atoms with Gasteiger partial charge in [-0.25, -0.2) is 4.79 Å². The van der Waals surface area contributed by atoms with Gasteiger partial charge in [0.05, 0.1) is 28.8 Å². The lowest BCUT2D eigenvalue weighted by molar-refractivity contribution is 0.0526. The number of aromatic nitrogens is 2. The minimum Gasteiger partial charge on any atom is -0.462 e. The average Bonchev–Trinajstić information content (AvgIpc) is 2.63. The van der Waals surface area contributed by atoms with Crippen LogP contribution in [-0.4, -0.2) is 22.1 Å². The van der Waals surface area contributed by atoms with Crippen LogP contribution in [-0.2, 0) is 4.74 Å². The van der Waals surface area contributed by atoms with Crippen molar-refractivity contribution in [1.29, 1.82) is 5.26 Å². The van der Waals surface area contributed by atoms with Crippen LogP contribution < -0.4 is 11.3 Å². The molecule has 0 aliphatic heterocycles. The quantitative estimate of drug-likeness (QED) is 0.734. The number of carbonyl (C=O) groups excluding carboxylic acids is 1. The molecule has 0 saturated heterocycles. The second-order valence-corrected chi connectivity index (χ2v) is 5.18. The van der Waals surface area contributed by atoms with Crippen LogP contribution in [0.4, 0.5) is 5.82 Å². The van der Waals surface area contributed by atoms with E-state index < -0.39 is 5.97 Å². The van der Waals surface area contributed by atoms with Gasteiger partial charge < -0.3 is 10.5 Å². The van der Waals surface area contributed by atoms with Crippen LogP contribution in [0.5, 0.6) is 0 Å². The molecule has 2 N–H and O–H groups in total. The summed E-state index contributed by atoms with van der Waals surface area (Å²) >= 11 is 0. The highest BCUT2D eigenvalue weighted by molar-refractivity contribution is 5.90. The zero-order chi connectivity index (χ0) is 18.0. The van der Waals surface area contributed by atoms with E-state index in [-0.39, 0.29) is 29.1 Å². The molecule has 124 valence electrons. The van der Waals surface area contributed by atoms with Crippen molar-refractivity contribution in [2.75, 3.05) is 12.3 Å². The van der Waals surface area contributed by atoms with Crippen LogP contribution in [0.3, 0.4) is 0 Å². The van der Waals surface area contributed by atoms with E-state index >= 15 is 0 Å². The molecular formula is C18H14N4O3. The van der Waals surface area contributed by atoms with Crippen molar-refractivity contribution < 1.29 is 9.53 Å². The molecule has 0 spiro atoms. The van der Waals surface area contributed by atoms with Crippen LogP contribution >= 0.6 is 0 Å². The van der Waals surface area contributed by atoms with Crippen LogP contribution in [0, 0.1) is 11.3 Å². The predicted octanol–water partition coefficient (Wildman–Crippen LogP) is 2.02. The number of pyridine rings is 2. The molecule has 3 aromatic rings. The number of nitriles is 1. The van der Waals surface area contributed by atoms with Gasteiger partial charge in [-0.15, -0.1) is 0 Å². The molecule has 0 bridgehead atoms. The molecule has 7 nitrogen and oxygen atoms in total. The van der Waals surface area contributed by atoms with Crippen molar-refractivity contribution in [2.24, 2.45) is 0 Å². The second kappa shape index (κ2) is 6.45. The molecule has 0 atom stereocenters. The number of ether oxygens (including phenoxy) is 1. The van der Waals surface area contributed by atoms with E-state index in [4.69, 9.17) is 10.5 Å². The Morgan fingerprint density at radius 2 is 2.04 bits per heavy atom. The number of nitrogens with two attached hydrogens (primary N) is 1. The van der Waals surface area contributed by atoms with E-state index in [1.807, 2.05) is 6.07 Å². The number of nitrogens with zero attached hydrogens (tertiary/aromatic N) is 3. The first-order valence-corrected chi connectivity index (χ1v) is 7.55. The molecule has 25 heavy (non-hydrogen) atoms. The predicted molar refractivity (Wildman–Crippen MR) is 92.4 cm³/mol. The summed E-state index contributed by atoms with van der Waals surface area (Å²) in [6.07, 6.45) is 1.50. The first-order chi connectivity index (χ1) is 12.1. The second-order valence-electron chi connectivity index (χ2n) is 5.18. The van der Waals surface area contributed by atoms with Gasteiger partial charge in [0.15, 0.2) is 0 Å². The van der Waals surface area contributed by atoms with Crippen molar-refractivity contribution in [3.05, 3.63) is 64.1 Å². The van der Waals surface area contributed by atoms with Gasteiger partial charge in [0.1, 0.15) is 17.5 Å². The minimum absolute atomic E-state index is 0.00239. The van der Waals surface area contributed by atoms with Crippen molar-refractivity contribution >= 4 is 22.7 Å². The zero-order valence-corrected chi connectivity index (χ0v) is 13.4. The third-order valence-electron chi connectivity index (χ3n) is 3.72. The van der Waals surface area contributed by atoms with Gasteiger partial charge in [-0.2, -0.15) is 5.26 Å². The fourth-order valence-electron chi connectivity index (χ4n) is 2.57. The highest BCUT2D eigenvalue weighted by atomic mass is 16.5. The van der Waals surface area contributed by atoms with Gasteiger partial charge in [-0.3, -0.25) is 14.3 Å². The number of nitrogen functional groups attached to an aromatic ring is 1. The van der Waals surface area contributed by atoms with Crippen molar-refractivity contribution in [3.8, 4) is 11.8 Å². The number of fused-ring (bicyclic) bond motifs is 1. The van der Waals surface area contributed by atoms with Gasteiger partial charge in [0.2, 0.25) is 0 Å². The molecule has 0 radical (unpaired) electrons. The fourth-order valence-corrected chi connectivity index (χ4v) is 2.57. The largest absolute Gasteiger partial charge is 0.462 e. The molecule has 3 rings (SSSR count). The first kappa shape index (κ1) is 16.2. The maximum atomic E-state index is 12.8. The van der Waals surface area contributed by atoms with Crippen molar-refractivity contribution in [3.63, 3.8) is 0 Å². The highest BCUT2D eigenvalue weighted by Crippen LogP contribution is 2.22. The Morgan fingerprint density at radius 1 is 1.32 bits per heavy atom. The number of hydrogen-bond acceptors (Lipinski definition) is 6. The Hall–Kier alpha value is -3.66. The Bertz CT molecular complexity index is 1060. The maximum absolute atomic E-state index is 12.8. The van der Waals surface area contributed by atoms with Gasteiger partial charge in [-0.05, 0) is 43.3 Å². The zero-order valence-electron chi connectivity index (χ0n) is 13.4. The third kappa shape index (κ3) is 2.70. The summed E-state index contributed by atoms with van der Waals surface area (Å²) in [7, 11) is 0. The van der Waals surface area contributed by atoms with Crippen LogP contribution in [0.25, 0.3) is 16.6 Å². The van der Waals surface area contributed by atoms with E-state index in [2.05, 4.69) is 4.98 Å². The summed E-state index contributed by atoms with van der Waals surface area (Å²) in [5, 5.41) is 9.70. The Labute approximate surface area is 142 Å². The van der Waals surface area contributed by atoms with E-state index in [9.17, 15) is 14.9 Å². The van der Waals surface area contributed by atoms with Crippen LogP contribution in [0.1, 0.15) is 22.8 Å². The summed E-state index contributed by atoms with van der Waals surface area (Å²) in [4.78, 5) is 28.6.